The van der Waals surface area contributed by atoms with Gasteiger partial charge in [0.2, 0.25) is 0 Å². The summed E-state index contributed by atoms with van der Waals surface area (Å²) in [7, 11) is 0. The number of aromatic amines is 1. The van der Waals surface area contributed by atoms with E-state index >= 15 is 0 Å². The molecule has 0 aliphatic carbocycles. The molecule has 0 spiro atoms. The normalized spacial score (nSPS) is 10.9. The first-order valence-corrected chi connectivity index (χ1v) is 9.61. The lowest BCUT2D eigenvalue weighted by molar-refractivity contribution is -0.143. The lowest BCUT2D eigenvalue weighted by Crippen LogP contribution is -2.23. The fraction of sp³-hybridized carbons (Fsp3) is 0.400. The van der Waals surface area contributed by atoms with Crippen molar-refractivity contribution in [2.24, 2.45) is 0 Å². The Kier molecular flexibility index (Phi) is 6.48. The van der Waals surface area contributed by atoms with Crippen LogP contribution in [0.4, 0.5) is 5.69 Å². The van der Waals surface area contributed by atoms with E-state index in [1.54, 1.807) is 13.8 Å². The van der Waals surface area contributed by atoms with Crippen LogP contribution in [0.1, 0.15) is 37.4 Å². The maximum absolute atomic E-state index is 12.8. The zero-order chi connectivity index (χ0) is 20.8. The van der Waals surface area contributed by atoms with E-state index in [1.165, 1.54) is 4.52 Å². The number of rotatable bonds is 9. The van der Waals surface area contributed by atoms with Gasteiger partial charge in [0, 0.05) is 12.0 Å². The largest absolute Gasteiger partial charge is 0.492 e. The van der Waals surface area contributed by atoms with E-state index in [2.05, 4.69) is 20.4 Å². The van der Waals surface area contributed by atoms with E-state index in [0.29, 0.717) is 42.6 Å². The molecule has 3 rings (SSSR count). The number of hydrogen-bond acceptors (Lipinski definition) is 7. The summed E-state index contributed by atoms with van der Waals surface area (Å²) in [6.45, 7) is 6.67. The number of ether oxygens (including phenoxy) is 2. The van der Waals surface area contributed by atoms with Crippen LogP contribution in [0.3, 0.4) is 0 Å². The van der Waals surface area contributed by atoms with Gasteiger partial charge in [-0.25, -0.2) is 4.98 Å². The summed E-state index contributed by atoms with van der Waals surface area (Å²) in [4.78, 5) is 33.2. The Morgan fingerprint density at radius 2 is 2.00 bits per heavy atom. The Morgan fingerprint density at radius 1 is 1.21 bits per heavy atom. The van der Waals surface area contributed by atoms with Gasteiger partial charge in [0.05, 0.1) is 31.1 Å². The van der Waals surface area contributed by atoms with Crippen LogP contribution in [-0.2, 0) is 22.5 Å². The second-order valence-corrected chi connectivity index (χ2v) is 6.37. The molecular weight excluding hydrogens is 374 g/mol. The number of para-hydroxylation sites is 2. The fourth-order valence-corrected chi connectivity index (χ4v) is 3.00. The van der Waals surface area contributed by atoms with E-state index in [1.807, 2.05) is 31.2 Å². The molecule has 154 valence electrons. The summed E-state index contributed by atoms with van der Waals surface area (Å²) >= 11 is 0. The quantitative estimate of drug-likeness (QED) is 0.531. The Labute approximate surface area is 168 Å². The van der Waals surface area contributed by atoms with E-state index in [-0.39, 0.29) is 24.4 Å². The monoisotopic (exact) mass is 399 g/mol. The topological polar surface area (TPSA) is 111 Å². The summed E-state index contributed by atoms with van der Waals surface area (Å²) < 4.78 is 11.8. The van der Waals surface area contributed by atoms with Gasteiger partial charge in [-0.15, -0.1) is 0 Å². The fourth-order valence-electron chi connectivity index (χ4n) is 3.00. The molecule has 0 aliphatic heterocycles. The highest BCUT2D eigenvalue weighted by Gasteiger charge is 2.15. The SMILES string of the molecule is CCOC(=O)CCc1c(C)nc2nc(CNc3ccccc3OCC)[nH]n2c1=O. The van der Waals surface area contributed by atoms with E-state index < -0.39 is 0 Å². The van der Waals surface area contributed by atoms with Crippen molar-refractivity contribution in [2.75, 3.05) is 18.5 Å². The molecule has 9 nitrogen and oxygen atoms in total. The van der Waals surface area contributed by atoms with Crippen molar-refractivity contribution >= 4 is 17.4 Å². The van der Waals surface area contributed by atoms with Crippen molar-refractivity contribution in [3.63, 3.8) is 0 Å². The van der Waals surface area contributed by atoms with E-state index in [0.717, 1.165) is 11.4 Å². The summed E-state index contributed by atoms with van der Waals surface area (Å²) in [5.74, 6) is 1.27. The average molecular weight is 399 g/mol. The van der Waals surface area contributed by atoms with Crippen LogP contribution < -0.4 is 15.6 Å². The van der Waals surface area contributed by atoms with Crippen molar-refractivity contribution in [1.82, 2.24) is 19.6 Å². The van der Waals surface area contributed by atoms with Crippen molar-refractivity contribution in [2.45, 2.75) is 40.2 Å². The second kappa shape index (κ2) is 9.22. The van der Waals surface area contributed by atoms with Gasteiger partial charge in [-0.05, 0) is 39.3 Å². The number of carbonyl (C=O) groups is 1. The lowest BCUT2D eigenvalue weighted by Gasteiger charge is -2.10. The number of aromatic nitrogens is 4. The van der Waals surface area contributed by atoms with Crippen LogP contribution in [0.25, 0.3) is 5.78 Å². The van der Waals surface area contributed by atoms with Crippen molar-refractivity contribution in [3.05, 3.63) is 51.7 Å². The number of H-pyrrole nitrogens is 1. The number of hydrogen-bond donors (Lipinski definition) is 2. The van der Waals surface area contributed by atoms with Gasteiger partial charge in [-0.3, -0.25) is 14.7 Å². The molecular formula is C20H25N5O4. The third kappa shape index (κ3) is 4.74. The molecule has 2 aromatic heterocycles. The molecule has 0 amide bonds. The molecule has 0 radical (unpaired) electrons. The molecule has 0 fully saturated rings. The first-order valence-electron chi connectivity index (χ1n) is 9.61. The molecule has 1 aromatic carbocycles. The zero-order valence-corrected chi connectivity index (χ0v) is 16.8. The molecule has 0 unspecified atom stereocenters. The molecule has 0 saturated carbocycles. The maximum atomic E-state index is 12.8. The van der Waals surface area contributed by atoms with Crippen LogP contribution in [0, 0.1) is 6.92 Å². The maximum Gasteiger partial charge on any atom is 0.306 e. The molecule has 0 saturated heterocycles. The molecule has 2 N–H and O–H groups in total. The van der Waals surface area contributed by atoms with Crippen molar-refractivity contribution in [3.8, 4) is 5.75 Å². The first-order chi connectivity index (χ1) is 14.0. The number of aryl methyl sites for hydroxylation is 1. The summed E-state index contributed by atoms with van der Waals surface area (Å²) in [5, 5.41) is 6.23. The Bertz CT molecular complexity index is 1060. The third-order valence-electron chi connectivity index (χ3n) is 4.36. The molecule has 29 heavy (non-hydrogen) atoms. The summed E-state index contributed by atoms with van der Waals surface area (Å²) in [6.07, 6.45) is 0.405. The van der Waals surface area contributed by atoms with Gasteiger partial charge < -0.3 is 14.8 Å². The summed E-state index contributed by atoms with van der Waals surface area (Å²) in [6, 6.07) is 7.61. The standard InChI is InChI=1S/C20H25N5O4/c1-4-28-16-9-7-6-8-15(16)21-12-17-23-20-22-13(3)14(19(27)25(20)24-17)10-11-18(26)29-5-2/h6-9,21H,4-5,10-12H2,1-3H3,(H,22,23,24). The third-order valence-corrected chi connectivity index (χ3v) is 4.36. The number of carbonyl (C=O) groups excluding carboxylic acids is 1. The Hall–Kier alpha value is -3.36. The van der Waals surface area contributed by atoms with Gasteiger partial charge in [-0.2, -0.15) is 9.50 Å². The minimum absolute atomic E-state index is 0.133. The highest BCUT2D eigenvalue weighted by molar-refractivity contribution is 5.69. The van der Waals surface area contributed by atoms with Gasteiger partial charge in [0.1, 0.15) is 11.6 Å². The van der Waals surface area contributed by atoms with Crippen molar-refractivity contribution < 1.29 is 14.3 Å². The Balaban J connectivity index is 1.79. The van der Waals surface area contributed by atoms with Gasteiger partial charge in [0.25, 0.3) is 11.3 Å². The lowest BCUT2D eigenvalue weighted by atomic mass is 10.1. The minimum atomic E-state index is -0.334. The van der Waals surface area contributed by atoms with Crippen molar-refractivity contribution in [1.29, 1.82) is 0 Å². The van der Waals surface area contributed by atoms with Gasteiger partial charge in [0.15, 0.2) is 0 Å². The van der Waals surface area contributed by atoms with Gasteiger partial charge in [-0.1, -0.05) is 12.1 Å². The predicted molar refractivity (Wildman–Crippen MR) is 108 cm³/mol. The molecule has 0 aliphatic rings. The highest BCUT2D eigenvalue weighted by Crippen LogP contribution is 2.23. The minimum Gasteiger partial charge on any atom is -0.492 e. The van der Waals surface area contributed by atoms with Crippen LogP contribution in [-0.4, -0.2) is 38.8 Å². The van der Waals surface area contributed by atoms with Crippen LogP contribution >= 0.6 is 0 Å². The highest BCUT2D eigenvalue weighted by atomic mass is 16.5. The Morgan fingerprint density at radius 3 is 2.76 bits per heavy atom. The first kappa shape index (κ1) is 20.4. The zero-order valence-electron chi connectivity index (χ0n) is 16.8. The number of anilines is 1. The molecule has 3 aromatic rings. The molecule has 2 heterocycles. The summed E-state index contributed by atoms with van der Waals surface area (Å²) in [5.41, 5.74) is 1.61. The number of benzene rings is 1. The molecule has 0 bridgehead atoms. The molecule has 0 atom stereocenters. The predicted octanol–water partition coefficient (Wildman–Crippen LogP) is 2.23. The number of nitrogens with one attached hydrogen (secondary N) is 2. The van der Waals surface area contributed by atoms with Gasteiger partial charge >= 0.3 is 5.97 Å². The van der Waals surface area contributed by atoms with Crippen LogP contribution in [0.2, 0.25) is 0 Å². The average Bonchev–Trinajstić information content (AvgIpc) is 3.10. The number of nitrogens with zero attached hydrogens (tertiary/aromatic N) is 3. The number of fused-ring (bicyclic) bond motifs is 1. The van der Waals surface area contributed by atoms with Crippen LogP contribution in [0.5, 0.6) is 5.75 Å². The van der Waals surface area contributed by atoms with E-state index in [4.69, 9.17) is 9.47 Å². The molecule has 9 heteroatoms. The van der Waals surface area contributed by atoms with Crippen LogP contribution in [0.15, 0.2) is 29.1 Å². The van der Waals surface area contributed by atoms with E-state index in [9.17, 15) is 9.59 Å². The second-order valence-electron chi connectivity index (χ2n) is 6.37. The number of esters is 1. The smallest absolute Gasteiger partial charge is 0.306 e.